The highest BCUT2D eigenvalue weighted by Crippen LogP contribution is 2.45. The van der Waals surface area contributed by atoms with Gasteiger partial charge < -0.3 is 19.9 Å². The van der Waals surface area contributed by atoms with Crippen LogP contribution in [-0.4, -0.2) is 88.9 Å². The molecule has 3 saturated heterocycles. The normalized spacial score (nSPS) is 20.4. The fourth-order valence-electron chi connectivity index (χ4n) is 7.90. The molecule has 1 amide bonds. The van der Waals surface area contributed by atoms with Crippen molar-refractivity contribution < 1.29 is 19.4 Å². The van der Waals surface area contributed by atoms with Crippen LogP contribution in [0.2, 0.25) is 10.0 Å². The molecule has 2 N–H and O–H groups in total. The van der Waals surface area contributed by atoms with Crippen LogP contribution in [0.5, 0.6) is 11.6 Å². The standard InChI is InChI=1S/C37H37Cl2N5O4/c1-47-32-13-22(11-21-12-23(14-29(21)32)44-16-24(45)17-44)25-5-3-6-26(34(25)38)27-7-4-8-28(35(27)39)30-15-40-31(36(41-30)48-2)18-43-19-37(20-43)10-9-33(46)42-37/h3-8,11,13,15,23-24,45H,9-10,12,14,16-20H2,1-2H3,(H,42,46)/t23-/m1/s1. The summed E-state index contributed by atoms with van der Waals surface area (Å²) < 4.78 is 11.5. The summed E-state index contributed by atoms with van der Waals surface area (Å²) in [5, 5.41) is 14.1. The van der Waals surface area contributed by atoms with E-state index in [0.717, 1.165) is 84.7 Å². The third-order valence-corrected chi connectivity index (χ3v) is 11.2. The Labute approximate surface area is 289 Å². The van der Waals surface area contributed by atoms with Crippen molar-refractivity contribution in [2.75, 3.05) is 40.4 Å². The molecule has 48 heavy (non-hydrogen) atoms. The third-order valence-electron chi connectivity index (χ3n) is 10.4. The van der Waals surface area contributed by atoms with Gasteiger partial charge in [0.1, 0.15) is 11.4 Å². The number of ether oxygens (including phenoxy) is 2. The number of nitrogens with zero attached hydrogens (tertiary/aromatic N) is 4. The second kappa shape index (κ2) is 12.3. The smallest absolute Gasteiger partial charge is 0.237 e. The number of aromatic nitrogens is 2. The molecule has 3 aliphatic heterocycles. The summed E-state index contributed by atoms with van der Waals surface area (Å²) in [6, 6.07) is 16.5. The van der Waals surface area contributed by atoms with Gasteiger partial charge in [-0.3, -0.25) is 19.6 Å². The predicted molar refractivity (Wildman–Crippen MR) is 186 cm³/mol. The summed E-state index contributed by atoms with van der Waals surface area (Å²) in [7, 11) is 3.31. The van der Waals surface area contributed by atoms with Gasteiger partial charge in [0.2, 0.25) is 11.8 Å². The van der Waals surface area contributed by atoms with Gasteiger partial charge in [0.05, 0.1) is 47.8 Å². The number of hydrogen-bond donors (Lipinski definition) is 2. The van der Waals surface area contributed by atoms with Crippen molar-refractivity contribution in [3.63, 3.8) is 0 Å². The Morgan fingerprint density at radius 1 is 0.979 bits per heavy atom. The maximum Gasteiger partial charge on any atom is 0.237 e. The molecule has 1 atom stereocenters. The lowest BCUT2D eigenvalue weighted by Gasteiger charge is -2.47. The van der Waals surface area contributed by atoms with Gasteiger partial charge >= 0.3 is 0 Å². The number of rotatable bonds is 8. The summed E-state index contributed by atoms with van der Waals surface area (Å²) in [4.78, 5) is 25.9. The zero-order valence-electron chi connectivity index (χ0n) is 26.9. The lowest BCUT2D eigenvalue weighted by atomic mass is 9.88. The molecule has 9 nitrogen and oxygen atoms in total. The van der Waals surface area contributed by atoms with Gasteiger partial charge in [-0.05, 0) is 42.0 Å². The Morgan fingerprint density at radius 3 is 2.35 bits per heavy atom. The molecule has 3 fully saturated rings. The minimum absolute atomic E-state index is 0.0982. The van der Waals surface area contributed by atoms with E-state index in [1.165, 1.54) is 11.1 Å². The monoisotopic (exact) mass is 685 g/mol. The Hall–Kier alpha value is -3.73. The van der Waals surface area contributed by atoms with Gasteiger partial charge in [-0.25, -0.2) is 4.98 Å². The maximum atomic E-state index is 11.7. The molecule has 248 valence electrons. The number of amides is 1. The van der Waals surface area contributed by atoms with Crippen molar-refractivity contribution in [3.8, 4) is 45.1 Å². The van der Waals surface area contributed by atoms with Gasteiger partial charge in [0, 0.05) is 67.4 Å². The molecule has 11 heteroatoms. The zero-order valence-corrected chi connectivity index (χ0v) is 28.4. The number of carbonyl (C=O) groups excluding carboxylic acids is 1. The zero-order chi connectivity index (χ0) is 33.2. The molecule has 1 aliphatic carbocycles. The van der Waals surface area contributed by atoms with Crippen molar-refractivity contribution in [2.45, 2.75) is 49.9 Å². The third kappa shape index (κ3) is 5.51. The Kier molecular flexibility index (Phi) is 8.08. The van der Waals surface area contributed by atoms with Gasteiger partial charge in [0.15, 0.2) is 0 Å². The van der Waals surface area contributed by atoms with Crippen LogP contribution in [0.3, 0.4) is 0 Å². The summed E-state index contributed by atoms with van der Waals surface area (Å²) in [5.41, 5.74) is 7.95. The number of methoxy groups -OCH3 is 2. The summed E-state index contributed by atoms with van der Waals surface area (Å²) in [5.74, 6) is 1.44. The molecule has 1 aromatic heterocycles. The van der Waals surface area contributed by atoms with E-state index >= 15 is 0 Å². The number of carbonyl (C=O) groups is 1. The molecule has 8 rings (SSSR count). The second-order valence-corrected chi connectivity index (χ2v) is 14.3. The number of fused-ring (bicyclic) bond motifs is 1. The molecule has 0 radical (unpaired) electrons. The molecule has 4 heterocycles. The van der Waals surface area contributed by atoms with E-state index in [4.69, 9.17) is 42.6 Å². The van der Waals surface area contributed by atoms with Gasteiger partial charge in [-0.1, -0.05) is 65.7 Å². The van der Waals surface area contributed by atoms with E-state index in [2.05, 4.69) is 27.2 Å². The minimum Gasteiger partial charge on any atom is -0.496 e. The number of aliphatic hydroxyl groups is 1. The van der Waals surface area contributed by atoms with Crippen LogP contribution in [0.25, 0.3) is 33.5 Å². The van der Waals surface area contributed by atoms with Gasteiger partial charge in [0.25, 0.3) is 0 Å². The largest absolute Gasteiger partial charge is 0.496 e. The molecule has 3 aromatic carbocycles. The van der Waals surface area contributed by atoms with Crippen molar-refractivity contribution >= 4 is 29.1 Å². The van der Waals surface area contributed by atoms with E-state index in [0.29, 0.717) is 40.6 Å². The second-order valence-electron chi connectivity index (χ2n) is 13.5. The summed E-state index contributed by atoms with van der Waals surface area (Å²) in [6.45, 7) is 3.62. The van der Waals surface area contributed by atoms with Crippen LogP contribution in [-0.2, 0) is 24.2 Å². The SMILES string of the molecule is COc1cc(-c2cccc(-c3cccc(-c4cnc(CN5CC6(CCC(=O)N6)C5)c(OC)n4)c3Cl)c2Cl)cc2c1C[C@H](N1CC(O)C1)C2. The summed E-state index contributed by atoms with van der Waals surface area (Å²) >= 11 is 14.3. The molecular weight excluding hydrogens is 649 g/mol. The van der Waals surface area contributed by atoms with Crippen LogP contribution < -0.4 is 14.8 Å². The lowest BCUT2D eigenvalue weighted by molar-refractivity contribution is -0.120. The summed E-state index contributed by atoms with van der Waals surface area (Å²) in [6.07, 6.45) is 4.81. The van der Waals surface area contributed by atoms with Crippen molar-refractivity contribution in [1.29, 1.82) is 0 Å². The number of nitrogens with one attached hydrogen (secondary N) is 1. The Bertz CT molecular complexity index is 1920. The van der Waals surface area contributed by atoms with E-state index < -0.39 is 0 Å². The van der Waals surface area contributed by atoms with Gasteiger partial charge in [-0.2, -0.15) is 0 Å². The molecule has 0 saturated carbocycles. The average Bonchev–Trinajstić information content (AvgIpc) is 3.67. The minimum atomic E-state index is -0.223. The van der Waals surface area contributed by atoms with Crippen LogP contribution in [0, 0.1) is 0 Å². The first-order valence-electron chi connectivity index (χ1n) is 16.4. The first-order chi connectivity index (χ1) is 23.2. The van der Waals surface area contributed by atoms with E-state index in [9.17, 15) is 9.90 Å². The average molecular weight is 687 g/mol. The molecule has 0 bridgehead atoms. The number of aliphatic hydroxyl groups excluding tert-OH is 1. The van der Waals surface area contributed by atoms with Gasteiger partial charge in [-0.15, -0.1) is 0 Å². The highest BCUT2D eigenvalue weighted by atomic mass is 35.5. The fraction of sp³-hybridized carbons (Fsp3) is 0.378. The quantitative estimate of drug-likeness (QED) is 0.254. The molecular formula is C37H37Cl2N5O4. The maximum absolute atomic E-state index is 11.7. The van der Waals surface area contributed by atoms with Crippen molar-refractivity contribution in [3.05, 3.63) is 81.6 Å². The van der Waals surface area contributed by atoms with Crippen LogP contribution in [0.15, 0.2) is 54.7 Å². The topological polar surface area (TPSA) is 100 Å². The number of benzene rings is 3. The number of halogens is 2. The van der Waals surface area contributed by atoms with Crippen LogP contribution in [0.4, 0.5) is 0 Å². The molecule has 4 aliphatic rings. The predicted octanol–water partition coefficient (Wildman–Crippen LogP) is 5.41. The highest BCUT2D eigenvalue weighted by molar-refractivity contribution is 6.39. The number of β-amino-alcohol motifs (C(OH)–C–C–N with tert-alkyl or cyclic N) is 1. The van der Waals surface area contributed by atoms with E-state index in [1.807, 2.05) is 36.4 Å². The highest BCUT2D eigenvalue weighted by Gasteiger charge is 2.47. The first-order valence-corrected chi connectivity index (χ1v) is 17.1. The first kappa shape index (κ1) is 31.5. The van der Waals surface area contributed by atoms with E-state index in [-0.39, 0.29) is 17.6 Å². The van der Waals surface area contributed by atoms with Crippen molar-refractivity contribution in [2.24, 2.45) is 0 Å². The fourth-order valence-corrected chi connectivity index (χ4v) is 8.57. The Balaban J connectivity index is 1.06. The number of hydrogen-bond acceptors (Lipinski definition) is 8. The molecule has 1 spiro atoms. The van der Waals surface area contributed by atoms with E-state index in [1.54, 1.807) is 20.4 Å². The molecule has 0 unspecified atom stereocenters. The van der Waals surface area contributed by atoms with Crippen LogP contribution in [0.1, 0.15) is 29.7 Å². The number of likely N-dealkylation sites (tertiary alicyclic amines) is 2. The molecule has 4 aromatic rings. The Morgan fingerprint density at radius 2 is 1.69 bits per heavy atom. The van der Waals surface area contributed by atoms with Crippen molar-refractivity contribution in [1.82, 2.24) is 25.1 Å². The van der Waals surface area contributed by atoms with Crippen LogP contribution >= 0.6 is 23.2 Å². The lowest BCUT2D eigenvalue weighted by Crippen LogP contribution is -2.66.